The third kappa shape index (κ3) is 4.93. The first-order valence-corrected chi connectivity index (χ1v) is 12.0. The van der Waals surface area contributed by atoms with Gasteiger partial charge in [-0.05, 0) is 44.2 Å². The summed E-state index contributed by atoms with van der Waals surface area (Å²) in [4.78, 5) is 25.2. The Morgan fingerprint density at radius 1 is 1.21 bits per heavy atom. The van der Waals surface area contributed by atoms with Gasteiger partial charge in [-0.15, -0.1) is 11.3 Å². The van der Waals surface area contributed by atoms with Crippen molar-refractivity contribution >= 4 is 33.2 Å². The zero-order valence-electron chi connectivity index (χ0n) is 16.7. The highest BCUT2D eigenvalue weighted by atomic mass is 32.2. The van der Waals surface area contributed by atoms with Gasteiger partial charge in [0, 0.05) is 29.4 Å². The quantitative estimate of drug-likeness (QED) is 0.695. The van der Waals surface area contributed by atoms with Crippen LogP contribution in [0.3, 0.4) is 0 Å². The first kappa shape index (κ1) is 21.3. The summed E-state index contributed by atoms with van der Waals surface area (Å²) < 4.78 is 27.7. The molecule has 0 bridgehead atoms. The van der Waals surface area contributed by atoms with E-state index in [0.29, 0.717) is 32.4 Å². The zero-order valence-corrected chi connectivity index (χ0v) is 18.3. The van der Waals surface area contributed by atoms with Crippen LogP contribution >= 0.6 is 11.3 Å². The Balaban J connectivity index is 1.62. The van der Waals surface area contributed by atoms with Crippen molar-refractivity contribution in [3.05, 3.63) is 17.0 Å². The van der Waals surface area contributed by atoms with Crippen LogP contribution < -0.4 is 10.6 Å². The molecule has 1 aromatic heterocycles. The predicted molar refractivity (Wildman–Crippen MR) is 109 cm³/mol. The highest BCUT2D eigenvalue weighted by Crippen LogP contribution is 2.31. The van der Waals surface area contributed by atoms with Gasteiger partial charge < -0.3 is 10.6 Å². The molecule has 2 aliphatic rings. The minimum atomic E-state index is -3.69. The van der Waals surface area contributed by atoms with Gasteiger partial charge in [0.15, 0.2) is 0 Å². The number of thiophene rings is 1. The molecule has 2 amide bonds. The zero-order chi connectivity index (χ0) is 20.5. The van der Waals surface area contributed by atoms with Crippen molar-refractivity contribution in [1.82, 2.24) is 14.9 Å². The van der Waals surface area contributed by atoms with Gasteiger partial charge in [-0.1, -0.05) is 20.8 Å². The summed E-state index contributed by atoms with van der Waals surface area (Å²) in [7, 11) is -3.69. The molecule has 9 heteroatoms. The number of nitrogens with one attached hydrogen (secondary N) is 2. The van der Waals surface area contributed by atoms with Gasteiger partial charge in [0.05, 0.1) is 0 Å². The lowest BCUT2D eigenvalue weighted by atomic mass is 9.96. The van der Waals surface area contributed by atoms with Crippen LogP contribution in [0.15, 0.2) is 16.3 Å². The molecule has 1 aromatic rings. The average molecular weight is 428 g/mol. The van der Waals surface area contributed by atoms with E-state index >= 15 is 0 Å². The predicted octanol–water partition coefficient (Wildman–Crippen LogP) is 1.88. The van der Waals surface area contributed by atoms with E-state index in [-0.39, 0.29) is 22.1 Å². The van der Waals surface area contributed by atoms with E-state index in [1.54, 1.807) is 12.1 Å². The van der Waals surface area contributed by atoms with Crippen molar-refractivity contribution < 1.29 is 18.0 Å². The molecule has 0 aromatic carbocycles. The fourth-order valence-electron chi connectivity index (χ4n) is 3.13. The van der Waals surface area contributed by atoms with Gasteiger partial charge in [-0.3, -0.25) is 9.59 Å². The third-order valence-corrected chi connectivity index (χ3v) is 8.49. The molecular formula is C19H29N3O4S2. The van der Waals surface area contributed by atoms with Crippen LogP contribution in [0.2, 0.25) is 0 Å². The summed E-state index contributed by atoms with van der Waals surface area (Å²) in [5, 5.41) is 5.80. The van der Waals surface area contributed by atoms with E-state index in [1.807, 2.05) is 20.8 Å². The fraction of sp³-hybridized carbons (Fsp3) is 0.684. The molecular weight excluding hydrogens is 398 g/mol. The van der Waals surface area contributed by atoms with Crippen LogP contribution in [0.4, 0.5) is 0 Å². The number of nitrogens with zero attached hydrogens (tertiary/aromatic N) is 1. The molecule has 3 rings (SSSR count). The fourth-order valence-corrected chi connectivity index (χ4v) is 6.27. The molecule has 156 valence electrons. The minimum Gasteiger partial charge on any atom is -0.355 e. The topological polar surface area (TPSA) is 95.6 Å². The van der Waals surface area contributed by atoms with Crippen molar-refractivity contribution in [2.75, 3.05) is 13.1 Å². The van der Waals surface area contributed by atoms with Gasteiger partial charge in [-0.2, -0.15) is 4.31 Å². The van der Waals surface area contributed by atoms with Crippen LogP contribution in [0, 0.1) is 5.41 Å². The SMILES string of the molecule is CC(C)(C)C(=O)NCCc1ccc(S(=O)(=O)N2CCCC2C(=O)NC2CC2)s1. The summed E-state index contributed by atoms with van der Waals surface area (Å²) in [6.07, 6.45) is 3.79. The van der Waals surface area contributed by atoms with Crippen molar-refractivity contribution in [3.8, 4) is 0 Å². The first-order valence-electron chi connectivity index (χ1n) is 9.78. The molecule has 2 heterocycles. The highest BCUT2D eigenvalue weighted by molar-refractivity contribution is 7.91. The molecule has 1 aliphatic carbocycles. The van der Waals surface area contributed by atoms with Gasteiger partial charge >= 0.3 is 0 Å². The van der Waals surface area contributed by atoms with Gasteiger partial charge in [-0.25, -0.2) is 8.42 Å². The van der Waals surface area contributed by atoms with Crippen molar-refractivity contribution in [3.63, 3.8) is 0 Å². The Labute approximate surface area is 170 Å². The number of hydrogen-bond donors (Lipinski definition) is 2. The summed E-state index contributed by atoms with van der Waals surface area (Å²) in [6.45, 7) is 6.39. The van der Waals surface area contributed by atoms with Crippen LogP contribution in [0.1, 0.15) is 51.3 Å². The third-order valence-electron chi connectivity index (χ3n) is 4.97. The minimum absolute atomic E-state index is 0.0292. The Kier molecular flexibility index (Phi) is 6.17. The van der Waals surface area contributed by atoms with Crippen LogP contribution in [0.25, 0.3) is 0 Å². The number of sulfonamides is 1. The summed E-state index contributed by atoms with van der Waals surface area (Å²) in [5.41, 5.74) is -0.449. The molecule has 1 unspecified atom stereocenters. The average Bonchev–Trinajstić information content (AvgIpc) is 3.11. The second-order valence-corrected chi connectivity index (χ2v) is 11.8. The number of carbonyl (C=O) groups is 2. The maximum absolute atomic E-state index is 13.1. The summed E-state index contributed by atoms with van der Waals surface area (Å²) in [6, 6.07) is 3.00. The second-order valence-electron chi connectivity index (χ2n) is 8.53. The maximum Gasteiger partial charge on any atom is 0.253 e. The van der Waals surface area contributed by atoms with E-state index in [9.17, 15) is 18.0 Å². The van der Waals surface area contributed by atoms with E-state index in [4.69, 9.17) is 0 Å². The van der Waals surface area contributed by atoms with Gasteiger partial charge in [0.25, 0.3) is 10.0 Å². The molecule has 2 N–H and O–H groups in total. The van der Waals surface area contributed by atoms with E-state index < -0.39 is 21.5 Å². The molecule has 1 atom stereocenters. The molecule has 28 heavy (non-hydrogen) atoms. The van der Waals surface area contributed by atoms with Crippen molar-refractivity contribution in [1.29, 1.82) is 0 Å². The number of rotatable bonds is 7. The first-order chi connectivity index (χ1) is 13.1. The molecule has 2 fully saturated rings. The van der Waals surface area contributed by atoms with E-state index in [0.717, 1.165) is 17.7 Å². The number of amides is 2. The molecule has 0 spiro atoms. The largest absolute Gasteiger partial charge is 0.355 e. The standard InChI is InChI=1S/C19H29N3O4S2/c1-19(2,3)18(24)20-11-10-14-8-9-16(27-14)28(25,26)22-12-4-5-15(22)17(23)21-13-6-7-13/h8-9,13,15H,4-7,10-12H2,1-3H3,(H,20,24)(H,21,23). The monoisotopic (exact) mass is 427 g/mol. The lowest BCUT2D eigenvalue weighted by molar-refractivity contribution is -0.128. The van der Waals surface area contributed by atoms with Crippen molar-refractivity contribution in [2.45, 2.75) is 69.2 Å². The molecule has 1 aliphatic heterocycles. The molecule has 7 nitrogen and oxygen atoms in total. The Morgan fingerprint density at radius 2 is 1.93 bits per heavy atom. The molecule has 1 saturated heterocycles. The number of carbonyl (C=O) groups excluding carboxylic acids is 2. The smallest absolute Gasteiger partial charge is 0.253 e. The summed E-state index contributed by atoms with van der Waals surface area (Å²) >= 11 is 1.21. The highest BCUT2D eigenvalue weighted by Gasteiger charge is 2.41. The molecule has 0 radical (unpaired) electrons. The van der Waals surface area contributed by atoms with Crippen LogP contribution in [0.5, 0.6) is 0 Å². The number of hydrogen-bond acceptors (Lipinski definition) is 5. The lowest BCUT2D eigenvalue weighted by Gasteiger charge is -2.22. The Morgan fingerprint density at radius 3 is 2.57 bits per heavy atom. The van der Waals surface area contributed by atoms with Gasteiger partial charge in [0.2, 0.25) is 11.8 Å². The summed E-state index contributed by atoms with van der Waals surface area (Å²) in [5.74, 6) is -0.205. The Bertz CT molecular complexity index is 838. The van der Waals surface area contributed by atoms with Crippen molar-refractivity contribution in [2.24, 2.45) is 5.41 Å². The molecule has 1 saturated carbocycles. The van der Waals surface area contributed by atoms with E-state index in [2.05, 4.69) is 10.6 Å². The van der Waals surface area contributed by atoms with Crippen LogP contribution in [-0.4, -0.2) is 49.7 Å². The van der Waals surface area contributed by atoms with Gasteiger partial charge in [0.1, 0.15) is 10.3 Å². The second kappa shape index (κ2) is 8.12. The lowest BCUT2D eigenvalue weighted by Crippen LogP contribution is -2.46. The van der Waals surface area contributed by atoms with E-state index in [1.165, 1.54) is 15.6 Å². The van der Waals surface area contributed by atoms with Crippen LogP contribution in [-0.2, 0) is 26.0 Å². The Hall–Kier alpha value is -1.45. The normalized spacial score (nSPS) is 20.9. The maximum atomic E-state index is 13.1.